The normalized spacial score (nSPS) is 21.4. The molecule has 150 valence electrons. The molecular formula is C23H20Cl2FNO2. The lowest BCUT2D eigenvalue weighted by atomic mass is 9.69. The van der Waals surface area contributed by atoms with Gasteiger partial charge in [-0.3, -0.25) is 14.5 Å². The number of anilines is 1. The maximum absolute atomic E-state index is 13.9. The molecular weight excluding hydrogens is 412 g/mol. The molecule has 2 aromatic rings. The van der Waals surface area contributed by atoms with Gasteiger partial charge in [-0.2, -0.15) is 0 Å². The number of Topliss-reactive ketones (excluding diaryl/α,β-unsaturated/α-hetero) is 1. The Hall–Kier alpha value is -2.17. The van der Waals surface area contributed by atoms with Gasteiger partial charge in [0, 0.05) is 35.1 Å². The first kappa shape index (κ1) is 20.1. The van der Waals surface area contributed by atoms with Gasteiger partial charge in [-0.15, -0.1) is 0 Å². The minimum absolute atomic E-state index is 0.00639. The van der Waals surface area contributed by atoms with Gasteiger partial charge in [0.25, 0.3) is 0 Å². The van der Waals surface area contributed by atoms with Crippen LogP contribution in [0, 0.1) is 11.2 Å². The first-order chi connectivity index (χ1) is 13.7. The Balaban J connectivity index is 1.92. The van der Waals surface area contributed by atoms with Crippen molar-refractivity contribution >= 4 is 40.6 Å². The zero-order valence-corrected chi connectivity index (χ0v) is 17.6. The lowest BCUT2D eigenvalue weighted by Gasteiger charge is -2.43. The van der Waals surface area contributed by atoms with Crippen LogP contribution in [0.25, 0.3) is 0 Å². The molecule has 1 aliphatic carbocycles. The molecule has 0 spiro atoms. The van der Waals surface area contributed by atoms with Crippen LogP contribution < -0.4 is 4.90 Å². The van der Waals surface area contributed by atoms with E-state index in [-0.39, 0.29) is 29.3 Å². The summed E-state index contributed by atoms with van der Waals surface area (Å²) in [7, 11) is 0. The van der Waals surface area contributed by atoms with Crippen molar-refractivity contribution in [2.75, 3.05) is 4.90 Å². The first-order valence-corrected chi connectivity index (χ1v) is 10.2. The van der Waals surface area contributed by atoms with E-state index in [9.17, 15) is 14.0 Å². The van der Waals surface area contributed by atoms with E-state index in [0.29, 0.717) is 45.4 Å². The van der Waals surface area contributed by atoms with Crippen molar-refractivity contribution in [2.24, 2.45) is 5.41 Å². The number of amides is 1. The molecule has 4 rings (SSSR count). The van der Waals surface area contributed by atoms with Gasteiger partial charge in [-0.1, -0.05) is 49.2 Å². The van der Waals surface area contributed by atoms with Gasteiger partial charge in [0.05, 0.1) is 10.7 Å². The number of rotatable bonds is 2. The van der Waals surface area contributed by atoms with E-state index in [1.165, 1.54) is 12.1 Å². The van der Waals surface area contributed by atoms with Crippen LogP contribution in [0.15, 0.2) is 53.7 Å². The molecule has 0 radical (unpaired) electrons. The largest absolute Gasteiger partial charge is 0.294 e. The number of hydrogen-bond donors (Lipinski definition) is 0. The smallest absolute Gasteiger partial charge is 0.232 e. The summed E-state index contributed by atoms with van der Waals surface area (Å²) in [5.74, 6) is -1.02. The van der Waals surface area contributed by atoms with E-state index in [4.69, 9.17) is 23.2 Å². The molecule has 2 aliphatic rings. The van der Waals surface area contributed by atoms with Crippen LogP contribution in [0.1, 0.15) is 44.6 Å². The molecule has 1 heterocycles. The van der Waals surface area contributed by atoms with E-state index in [2.05, 4.69) is 0 Å². The fourth-order valence-corrected chi connectivity index (χ4v) is 4.86. The van der Waals surface area contributed by atoms with Gasteiger partial charge in [0.15, 0.2) is 5.78 Å². The highest BCUT2D eigenvalue weighted by molar-refractivity contribution is 6.37. The van der Waals surface area contributed by atoms with E-state index in [1.54, 1.807) is 35.2 Å². The Morgan fingerprint density at radius 1 is 1.07 bits per heavy atom. The number of nitrogens with zero attached hydrogens (tertiary/aromatic N) is 1. The fraction of sp³-hybridized carbons (Fsp3) is 0.304. The molecule has 0 fully saturated rings. The van der Waals surface area contributed by atoms with Crippen molar-refractivity contribution < 1.29 is 14.0 Å². The third kappa shape index (κ3) is 3.72. The Bertz CT molecular complexity index is 1060. The molecule has 1 unspecified atom stereocenters. The minimum atomic E-state index is -0.459. The van der Waals surface area contributed by atoms with E-state index in [0.717, 1.165) is 0 Å². The maximum atomic E-state index is 13.9. The minimum Gasteiger partial charge on any atom is -0.294 e. The highest BCUT2D eigenvalue weighted by Gasteiger charge is 2.44. The predicted molar refractivity (Wildman–Crippen MR) is 113 cm³/mol. The third-order valence-corrected chi connectivity index (χ3v) is 6.08. The number of hydrogen-bond acceptors (Lipinski definition) is 2. The molecule has 2 aromatic carbocycles. The summed E-state index contributed by atoms with van der Waals surface area (Å²) in [6.45, 7) is 4.01. The number of benzene rings is 2. The van der Waals surface area contributed by atoms with Crippen LogP contribution in [0.2, 0.25) is 10.0 Å². The summed E-state index contributed by atoms with van der Waals surface area (Å²) >= 11 is 12.4. The van der Waals surface area contributed by atoms with Crippen LogP contribution in [-0.4, -0.2) is 11.7 Å². The molecule has 3 nitrogen and oxygen atoms in total. The highest BCUT2D eigenvalue weighted by atomic mass is 35.5. The lowest BCUT2D eigenvalue weighted by molar-refractivity contribution is -0.121. The van der Waals surface area contributed by atoms with E-state index < -0.39 is 5.92 Å². The van der Waals surface area contributed by atoms with Crippen LogP contribution in [-0.2, 0) is 9.59 Å². The van der Waals surface area contributed by atoms with Gasteiger partial charge < -0.3 is 0 Å². The van der Waals surface area contributed by atoms with Gasteiger partial charge in [0.1, 0.15) is 5.82 Å². The number of carbonyl (C=O) groups excluding carboxylic acids is 2. The summed E-state index contributed by atoms with van der Waals surface area (Å²) in [6, 6.07) is 11.1. The van der Waals surface area contributed by atoms with E-state index >= 15 is 0 Å². The second-order valence-electron chi connectivity index (χ2n) is 8.44. The van der Waals surface area contributed by atoms with Crippen LogP contribution in [0.4, 0.5) is 10.1 Å². The number of halogens is 3. The van der Waals surface area contributed by atoms with Gasteiger partial charge in [-0.05, 0) is 47.7 Å². The summed E-state index contributed by atoms with van der Waals surface area (Å²) in [6.07, 6.45) is 1.01. The third-order valence-electron chi connectivity index (χ3n) is 5.54. The molecule has 29 heavy (non-hydrogen) atoms. The average molecular weight is 432 g/mol. The number of carbonyl (C=O) groups is 2. The molecule has 6 heteroatoms. The van der Waals surface area contributed by atoms with Crippen molar-refractivity contribution in [1.82, 2.24) is 0 Å². The summed E-state index contributed by atoms with van der Waals surface area (Å²) < 4.78 is 13.9. The average Bonchev–Trinajstić information content (AvgIpc) is 2.61. The zero-order chi connectivity index (χ0) is 20.9. The summed E-state index contributed by atoms with van der Waals surface area (Å²) in [4.78, 5) is 28.0. The second kappa shape index (κ2) is 7.26. The van der Waals surface area contributed by atoms with Crippen molar-refractivity contribution in [2.45, 2.75) is 39.0 Å². The molecule has 0 bridgehead atoms. The molecule has 0 aromatic heterocycles. The lowest BCUT2D eigenvalue weighted by Crippen LogP contribution is -2.43. The quantitative estimate of drug-likeness (QED) is 0.559. The Labute approximate surface area is 179 Å². The number of ketones is 1. The molecule has 1 amide bonds. The number of allylic oxidation sites excluding steroid dienone is 2. The Morgan fingerprint density at radius 2 is 1.83 bits per heavy atom. The molecule has 1 aliphatic heterocycles. The zero-order valence-electron chi connectivity index (χ0n) is 16.1. The van der Waals surface area contributed by atoms with Gasteiger partial charge in [0.2, 0.25) is 5.91 Å². The highest BCUT2D eigenvalue weighted by Crippen LogP contribution is 2.49. The molecule has 0 N–H and O–H groups in total. The molecule has 0 saturated carbocycles. The summed E-state index contributed by atoms with van der Waals surface area (Å²) in [5, 5.41) is 0.813. The summed E-state index contributed by atoms with van der Waals surface area (Å²) in [5.41, 5.74) is 2.09. The van der Waals surface area contributed by atoms with Crippen molar-refractivity contribution in [1.29, 1.82) is 0 Å². The van der Waals surface area contributed by atoms with Crippen LogP contribution in [0.3, 0.4) is 0 Å². The standard InChI is InChI=1S/C23H20Cl2FNO2/c1-23(2)11-19-22(20(28)12-23)16(13-4-3-5-15(26)8-13)10-21(29)27(19)18-7-6-14(24)9-17(18)25/h3-9,16H,10-12H2,1-2H3. The maximum Gasteiger partial charge on any atom is 0.232 e. The van der Waals surface area contributed by atoms with Gasteiger partial charge >= 0.3 is 0 Å². The first-order valence-electron chi connectivity index (χ1n) is 9.46. The van der Waals surface area contributed by atoms with Crippen LogP contribution >= 0.6 is 23.2 Å². The van der Waals surface area contributed by atoms with Crippen molar-refractivity contribution in [3.63, 3.8) is 0 Å². The van der Waals surface area contributed by atoms with Crippen LogP contribution in [0.5, 0.6) is 0 Å². The topological polar surface area (TPSA) is 37.4 Å². The predicted octanol–water partition coefficient (Wildman–Crippen LogP) is 6.30. The Morgan fingerprint density at radius 3 is 2.52 bits per heavy atom. The van der Waals surface area contributed by atoms with Crippen molar-refractivity contribution in [3.05, 3.63) is 75.2 Å². The monoisotopic (exact) mass is 431 g/mol. The second-order valence-corrected chi connectivity index (χ2v) is 9.28. The van der Waals surface area contributed by atoms with Crippen molar-refractivity contribution in [3.8, 4) is 0 Å². The SMILES string of the molecule is CC1(C)CC(=O)C2=C(C1)N(c1ccc(Cl)cc1Cl)C(=O)CC2c1cccc(F)c1. The molecule has 0 saturated heterocycles. The van der Waals surface area contributed by atoms with E-state index in [1.807, 2.05) is 13.8 Å². The molecule has 1 atom stereocenters. The Kier molecular flexibility index (Phi) is 5.04. The fourth-order valence-electron chi connectivity index (χ4n) is 4.37. The van der Waals surface area contributed by atoms with Gasteiger partial charge in [-0.25, -0.2) is 4.39 Å².